The number of fused-ring (bicyclic) bond motifs is 1. The predicted molar refractivity (Wildman–Crippen MR) is 96.5 cm³/mol. The Kier molecular flexibility index (Phi) is 5.12. The molecular formula is C16H14BrN5O4. The zero-order valence-corrected chi connectivity index (χ0v) is 15.3. The van der Waals surface area contributed by atoms with E-state index in [-0.39, 0.29) is 6.54 Å². The van der Waals surface area contributed by atoms with E-state index in [1.807, 2.05) is 0 Å². The Balaban J connectivity index is 1.57. The third kappa shape index (κ3) is 3.97. The van der Waals surface area contributed by atoms with Crippen LogP contribution in [0.3, 0.4) is 0 Å². The van der Waals surface area contributed by atoms with Crippen molar-refractivity contribution in [1.82, 2.24) is 19.3 Å². The molecular weight excluding hydrogens is 406 g/mol. The highest BCUT2D eigenvalue weighted by Crippen LogP contribution is 2.13. The topological polar surface area (TPSA) is 108 Å². The molecule has 0 fully saturated rings. The van der Waals surface area contributed by atoms with Crippen LogP contribution in [0.4, 0.5) is 5.69 Å². The number of anilines is 1. The first-order chi connectivity index (χ1) is 12.4. The molecule has 0 saturated heterocycles. The summed E-state index contributed by atoms with van der Waals surface area (Å²) in [6, 6.07) is 6.96. The number of carbonyl (C=O) groups is 2. The second-order valence-electron chi connectivity index (χ2n) is 5.40. The average Bonchev–Trinajstić information content (AvgIpc) is 2.99. The Morgan fingerprint density at radius 3 is 2.73 bits per heavy atom. The molecule has 0 aliphatic heterocycles. The summed E-state index contributed by atoms with van der Waals surface area (Å²) in [6.45, 7) is -0.797. The molecule has 0 radical (unpaired) electrons. The van der Waals surface area contributed by atoms with Crippen LogP contribution < -0.4 is 10.9 Å². The molecule has 0 spiro atoms. The molecule has 134 valence electrons. The molecule has 0 aliphatic rings. The lowest BCUT2D eigenvalue weighted by molar-refractivity contribution is -0.147. The van der Waals surface area contributed by atoms with E-state index < -0.39 is 24.0 Å². The Bertz CT molecular complexity index is 1030. The zero-order valence-electron chi connectivity index (χ0n) is 13.7. The fourth-order valence-electron chi connectivity index (χ4n) is 2.24. The van der Waals surface area contributed by atoms with Crippen LogP contribution in [-0.2, 0) is 27.9 Å². The maximum atomic E-state index is 12.3. The molecule has 26 heavy (non-hydrogen) atoms. The normalized spacial score (nSPS) is 10.7. The fraction of sp³-hybridized carbons (Fsp3) is 0.188. The molecule has 3 rings (SSSR count). The van der Waals surface area contributed by atoms with Gasteiger partial charge in [-0.15, -0.1) is 0 Å². The van der Waals surface area contributed by atoms with Gasteiger partial charge in [0.1, 0.15) is 18.3 Å². The van der Waals surface area contributed by atoms with E-state index in [2.05, 4.69) is 31.3 Å². The summed E-state index contributed by atoms with van der Waals surface area (Å²) >= 11 is 3.29. The largest absolute Gasteiger partial charge is 0.454 e. The Morgan fingerprint density at radius 2 is 2.00 bits per heavy atom. The van der Waals surface area contributed by atoms with E-state index in [0.717, 1.165) is 9.04 Å². The number of ether oxygens (including phenoxy) is 1. The lowest BCUT2D eigenvalue weighted by Crippen LogP contribution is -2.28. The SMILES string of the molecule is Cn1ncc2c(=O)n(CC(=O)OCC(=O)Nc3ccc(Br)cc3)cnc21. The standard InChI is InChI=1S/C16H14BrN5O4/c1-21-15-12(6-19-21)16(25)22(9-18-15)7-14(24)26-8-13(23)20-11-4-2-10(17)3-5-11/h2-6,9H,7-8H2,1H3,(H,20,23). The van der Waals surface area contributed by atoms with Crippen LogP contribution in [-0.4, -0.2) is 37.8 Å². The molecule has 0 aliphatic carbocycles. The zero-order chi connectivity index (χ0) is 18.7. The van der Waals surface area contributed by atoms with E-state index in [9.17, 15) is 14.4 Å². The second-order valence-corrected chi connectivity index (χ2v) is 6.31. The second kappa shape index (κ2) is 7.48. The number of benzene rings is 1. The van der Waals surface area contributed by atoms with E-state index in [0.29, 0.717) is 16.7 Å². The number of amides is 1. The highest BCUT2D eigenvalue weighted by atomic mass is 79.9. The maximum Gasteiger partial charge on any atom is 0.326 e. The number of carbonyl (C=O) groups excluding carboxylic acids is 2. The smallest absolute Gasteiger partial charge is 0.326 e. The van der Waals surface area contributed by atoms with Crippen molar-refractivity contribution in [3.8, 4) is 0 Å². The molecule has 0 saturated carbocycles. The van der Waals surface area contributed by atoms with E-state index in [1.165, 1.54) is 17.2 Å². The Morgan fingerprint density at radius 1 is 1.27 bits per heavy atom. The summed E-state index contributed by atoms with van der Waals surface area (Å²) in [7, 11) is 1.66. The van der Waals surface area contributed by atoms with Crippen molar-refractivity contribution < 1.29 is 14.3 Å². The van der Waals surface area contributed by atoms with Crippen LogP contribution in [0.15, 0.2) is 46.1 Å². The minimum atomic E-state index is -0.719. The summed E-state index contributed by atoms with van der Waals surface area (Å²) in [5, 5.41) is 6.85. The van der Waals surface area contributed by atoms with Gasteiger partial charge in [-0.1, -0.05) is 15.9 Å². The molecule has 9 nitrogen and oxygen atoms in total. The van der Waals surface area contributed by atoms with Gasteiger partial charge in [-0.05, 0) is 24.3 Å². The first-order valence-electron chi connectivity index (χ1n) is 7.52. The van der Waals surface area contributed by atoms with Crippen LogP contribution in [0.5, 0.6) is 0 Å². The number of aryl methyl sites for hydroxylation is 1. The number of esters is 1. The molecule has 0 bridgehead atoms. The summed E-state index contributed by atoms with van der Waals surface area (Å²) < 4.78 is 8.36. The first kappa shape index (κ1) is 17.8. The van der Waals surface area contributed by atoms with Crippen molar-refractivity contribution in [2.24, 2.45) is 7.05 Å². The molecule has 1 N–H and O–H groups in total. The number of rotatable bonds is 5. The maximum absolute atomic E-state index is 12.3. The molecule has 1 aromatic carbocycles. The monoisotopic (exact) mass is 419 g/mol. The van der Waals surface area contributed by atoms with Crippen molar-refractivity contribution in [3.05, 3.63) is 51.6 Å². The number of hydrogen-bond donors (Lipinski definition) is 1. The van der Waals surface area contributed by atoms with Gasteiger partial charge < -0.3 is 10.1 Å². The van der Waals surface area contributed by atoms with Crippen LogP contribution in [0.1, 0.15) is 0 Å². The van der Waals surface area contributed by atoms with Crippen LogP contribution in [0.25, 0.3) is 11.0 Å². The van der Waals surface area contributed by atoms with Gasteiger partial charge >= 0.3 is 5.97 Å². The fourth-order valence-corrected chi connectivity index (χ4v) is 2.50. The number of halogens is 1. The number of hydrogen-bond acceptors (Lipinski definition) is 6. The minimum Gasteiger partial charge on any atom is -0.454 e. The number of aromatic nitrogens is 4. The highest BCUT2D eigenvalue weighted by Gasteiger charge is 2.13. The lowest BCUT2D eigenvalue weighted by atomic mass is 10.3. The summed E-state index contributed by atoms with van der Waals surface area (Å²) in [4.78, 5) is 40.0. The van der Waals surface area contributed by atoms with Crippen LogP contribution in [0, 0.1) is 0 Å². The van der Waals surface area contributed by atoms with Gasteiger partial charge in [-0.2, -0.15) is 5.10 Å². The quantitative estimate of drug-likeness (QED) is 0.619. The minimum absolute atomic E-state index is 0.302. The summed E-state index contributed by atoms with van der Waals surface area (Å²) in [6.07, 6.45) is 2.63. The van der Waals surface area contributed by atoms with Crippen molar-refractivity contribution in [1.29, 1.82) is 0 Å². The molecule has 0 atom stereocenters. The predicted octanol–water partition coefficient (Wildman–Crippen LogP) is 1.07. The third-order valence-corrected chi connectivity index (χ3v) is 4.04. The molecule has 1 amide bonds. The van der Waals surface area contributed by atoms with Gasteiger partial charge in [0.05, 0.1) is 6.20 Å². The van der Waals surface area contributed by atoms with Crippen molar-refractivity contribution >= 4 is 44.5 Å². The Hall–Kier alpha value is -3.01. The summed E-state index contributed by atoms with van der Waals surface area (Å²) in [5.74, 6) is -1.20. The van der Waals surface area contributed by atoms with Gasteiger partial charge in [-0.3, -0.25) is 23.6 Å². The van der Waals surface area contributed by atoms with Crippen LogP contribution in [0.2, 0.25) is 0 Å². The first-order valence-corrected chi connectivity index (χ1v) is 8.31. The van der Waals surface area contributed by atoms with Gasteiger partial charge in [-0.25, -0.2) is 4.98 Å². The molecule has 10 heteroatoms. The van der Waals surface area contributed by atoms with Crippen LogP contribution >= 0.6 is 15.9 Å². The molecule has 2 aromatic heterocycles. The Labute approximate surface area is 155 Å². The third-order valence-electron chi connectivity index (χ3n) is 3.51. The highest BCUT2D eigenvalue weighted by molar-refractivity contribution is 9.10. The lowest BCUT2D eigenvalue weighted by Gasteiger charge is -2.08. The average molecular weight is 420 g/mol. The van der Waals surface area contributed by atoms with Crippen molar-refractivity contribution in [3.63, 3.8) is 0 Å². The number of nitrogens with one attached hydrogen (secondary N) is 1. The molecule has 2 heterocycles. The summed E-state index contributed by atoms with van der Waals surface area (Å²) in [5.41, 5.74) is 0.601. The number of nitrogens with zero attached hydrogens (tertiary/aromatic N) is 4. The van der Waals surface area contributed by atoms with Crippen molar-refractivity contribution in [2.45, 2.75) is 6.54 Å². The van der Waals surface area contributed by atoms with Gasteiger partial charge in [0.25, 0.3) is 11.5 Å². The van der Waals surface area contributed by atoms with E-state index in [1.54, 1.807) is 31.3 Å². The molecule has 0 unspecified atom stereocenters. The van der Waals surface area contributed by atoms with Gasteiger partial charge in [0, 0.05) is 17.2 Å². The van der Waals surface area contributed by atoms with E-state index >= 15 is 0 Å². The van der Waals surface area contributed by atoms with Crippen molar-refractivity contribution in [2.75, 3.05) is 11.9 Å². The molecule has 3 aromatic rings. The van der Waals surface area contributed by atoms with Gasteiger partial charge in [0.15, 0.2) is 12.3 Å². The van der Waals surface area contributed by atoms with Gasteiger partial charge in [0.2, 0.25) is 0 Å². The van der Waals surface area contributed by atoms with E-state index in [4.69, 9.17) is 4.74 Å².